The van der Waals surface area contributed by atoms with Crippen LogP contribution in [0.1, 0.15) is 58.7 Å². The number of fused-ring (bicyclic) bond motifs is 3. The Bertz CT molecular complexity index is 1620. The summed E-state index contributed by atoms with van der Waals surface area (Å²) in [5.74, 6) is -0.730. The third-order valence-corrected chi connectivity index (χ3v) is 7.64. The van der Waals surface area contributed by atoms with Gasteiger partial charge in [0.05, 0.1) is 34.4 Å². The summed E-state index contributed by atoms with van der Waals surface area (Å²) in [6.07, 6.45) is 1.76. The molecule has 7 nitrogen and oxygen atoms in total. The minimum atomic E-state index is -1.11. The summed E-state index contributed by atoms with van der Waals surface area (Å²) < 4.78 is 20.2. The molecule has 0 radical (unpaired) electrons. The summed E-state index contributed by atoms with van der Waals surface area (Å²) in [6.45, 7) is 3.39. The van der Waals surface area contributed by atoms with Gasteiger partial charge in [-0.1, -0.05) is 23.7 Å². The Balaban J connectivity index is 1.57. The van der Waals surface area contributed by atoms with Gasteiger partial charge in [0.25, 0.3) is 11.8 Å². The van der Waals surface area contributed by atoms with Crippen LogP contribution in [-0.4, -0.2) is 41.7 Å². The maximum Gasteiger partial charge on any atom is 0.255 e. The first-order valence-electron chi connectivity index (χ1n) is 13.2. The lowest BCUT2D eigenvalue weighted by Gasteiger charge is -2.37. The molecule has 0 fully saturated rings. The van der Waals surface area contributed by atoms with Crippen molar-refractivity contribution in [2.45, 2.75) is 44.8 Å². The standard InChI is InChI=1S/C31H31ClFN3O4/c1-17(2)40-27-11-7-18(19-6-9-21(24(32)14-19)29(38)34-3)13-23(27)30(39)36-31(16-37)12-4-5-26-28(31)22-15-20(33)8-10-25(22)35-26/h6-11,13-15,17,35,37H,4-5,12,16H2,1-3H3,(H,34,38)(H,36,39). The highest BCUT2D eigenvalue weighted by Gasteiger charge is 2.41. The van der Waals surface area contributed by atoms with Crippen molar-refractivity contribution in [3.05, 3.63) is 87.8 Å². The molecule has 4 aromatic rings. The highest BCUT2D eigenvalue weighted by Crippen LogP contribution is 2.41. The highest BCUT2D eigenvalue weighted by molar-refractivity contribution is 6.34. The Hall–Kier alpha value is -3.88. The number of ether oxygens (including phenoxy) is 1. The number of nitrogens with one attached hydrogen (secondary N) is 3. The lowest BCUT2D eigenvalue weighted by molar-refractivity contribution is 0.0795. The third kappa shape index (κ3) is 5.05. The Kier molecular flexibility index (Phi) is 7.57. The molecule has 1 heterocycles. The monoisotopic (exact) mass is 563 g/mol. The van der Waals surface area contributed by atoms with Crippen molar-refractivity contribution in [2.75, 3.05) is 13.7 Å². The van der Waals surface area contributed by atoms with Gasteiger partial charge >= 0.3 is 0 Å². The lowest BCUT2D eigenvalue weighted by atomic mass is 9.78. The average molecular weight is 564 g/mol. The second-order valence-electron chi connectivity index (χ2n) is 10.4. The van der Waals surface area contributed by atoms with Gasteiger partial charge in [-0.05, 0) is 86.7 Å². The molecule has 1 unspecified atom stereocenters. The van der Waals surface area contributed by atoms with Crippen LogP contribution < -0.4 is 15.4 Å². The van der Waals surface area contributed by atoms with Gasteiger partial charge in [-0.2, -0.15) is 0 Å². The first-order chi connectivity index (χ1) is 19.2. The van der Waals surface area contributed by atoms with E-state index in [-0.39, 0.29) is 35.0 Å². The molecule has 5 rings (SSSR count). The molecule has 1 aliphatic carbocycles. The molecular weight excluding hydrogens is 533 g/mol. The fraction of sp³-hybridized carbons (Fsp3) is 0.290. The van der Waals surface area contributed by atoms with Crippen LogP contribution in [0.2, 0.25) is 5.02 Å². The van der Waals surface area contributed by atoms with Crippen LogP contribution in [0.5, 0.6) is 5.75 Å². The molecule has 3 aromatic carbocycles. The molecule has 208 valence electrons. The first kappa shape index (κ1) is 27.7. The quantitative estimate of drug-likeness (QED) is 0.231. The van der Waals surface area contributed by atoms with Gasteiger partial charge in [-0.3, -0.25) is 9.59 Å². The summed E-state index contributed by atoms with van der Waals surface area (Å²) in [6, 6.07) is 14.8. The van der Waals surface area contributed by atoms with Gasteiger partial charge in [0, 0.05) is 29.2 Å². The van der Waals surface area contributed by atoms with E-state index in [1.807, 2.05) is 19.9 Å². The number of aromatic nitrogens is 1. The third-order valence-electron chi connectivity index (χ3n) is 7.33. The molecule has 9 heteroatoms. The highest BCUT2D eigenvalue weighted by atomic mass is 35.5. The molecule has 2 amide bonds. The molecule has 1 aromatic heterocycles. The van der Waals surface area contributed by atoms with Crippen LogP contribution in [0, 0.1) is 5.82 Å². The van der Waals surface area contributed by atoms with Crippen molar-refractivity contribution in [3.63, 3.8) is 0 Å². The summed E-state index contributed by atoms with van der Waals surface area (Å²) in [5, 5.41) is 17.3. The summed E-state index contributed by atoms with van der Waals surface area (Å²) >= 11 is 6.39. The van der Waals surface area contributed by atoms with Crippen LogP contribution in [0.4, 0.5) is 4.39 Å². The van der Waals surface area contributed by atoms with E-state index in [9.17, 15) is 19.1 Å². The number of aliphatic hydroxyl groups excluding tert-OH is 1. The van der Waals surface area contributed by atoms with Gasteiger partial charge in [-0.15, -0.1) is 0 Å². The summed E-state index contributed by atoms with van der Waals surface area (Å²) in [5.41, 5.74) is 3.27. The molecule has 0 aliphatic heterocycles. The second kappa shape index (κ2) is 10.9. The normalized spacial score (nSPS) is 16.6. The van der Waals surface area contributed by atoms with E-state index in [1.54, 1.807) is 36.4 Å². The molecule has 1 atom stereocenters. The molecular formula is C31H31ClFN3O4. The molecule has 0 saturated heterocycles. The Labute approximate surface area is 236 Å². The average Bonchev–Trinajstić information content (AvgIpc) is 3.31. The summed E-state index contributed by atoms with van der Waals surface area (Å²) in [4.78, 5) is 29.4. The molecule has 0 bridgehead atoms. The van der Waals surface area contributed by atoms with E-state index in [2.05, 4.69) is 15.6 Å². The van der Waals surface area contributed by atoms with Crippen molar-refractivity contribution in [2.24, 2.45) is 0 Å². The maximum atomic E-state index is 14.3. The van der Waals surface area contributed by atoms with E-state index in [0.29, 0.717) is 39.8 Å². The number of carbonyl (C=O) groups excluding carboxylic acids is 2. The van der Waals surface area contributed by atoms with Crippen molar-refractivity contribution < 1.29 is 23.8 Å². The predicted molar refractivity (Wildman–Crippen MR) is 153 cm³/mol. The number of hydrogen-bond donors (Lipinski definition) is 4. The van der Waals surface area contributed by atoms with E-state index in [4.69, 9.17) is 16.3 Å². The Morgan fingerprint density at radius 3 is 2.52 bits per heavy atom. The van der Waals surface area contributed by atoms with Crippen LogP contribution >= 0.6 is 11.6 Å². The Morgan fingerprint density at radius 1 is 1.07 bits per heavy atom. The minimum absolute atomic E-state index is 0.191. The van der Waals surface area contributed by atoms with Gasteiger partial charge in [0.2, 0.25) is 0 Å². The van der Waals surface area contributed by atoms with Crippen molar-refractivity contribution in [1.82, 2.24) is 15.6 Å². The number of halogens is 2. The topological polar surface area (TPSA) is 103 Å². The fourth-order valence-corrected chi connectivity index (χ4v) is 5.78. The minimum Gasteiger partial charge on any atom is -0.490 e. The molecule has 0 spiro atoms. The molecule has 1 aliphatic rings. The van der Waals surface area contributed by atoms with Crippen molar-refractivity contribution in [1.29, 1.82) is 0 Å². The number of H-pyrrole nitrogens is 1. The largest absolute Gasteiger partial charge is 0.490 e. The van der Waals surface area contributed by atoms with E-state index in [0.717, 1.165) is 24.1 Å². The van der Waals surface area contributed by atoms with Gasteiger partial charge in [0.1, 0.15) is 11.6 Å². The van der Waals surface area contributed by atoms with E-state index >= 15 is 0 Å². The number of aryl methyl sites for hydroxylation is 1. The number of hydrogen-bond acceptors (Lipinski definition) is 4. The van der Waals surface area contributed by atoms with Crippen LogP contribution in [0.15, 0.2) is 54.6 Å². The number of rotatable bonds is 7. The van der Waals surface area contributed by atoms with Gasteiger partial charge in [0.15, 0.2) is 0 Å². The predicted octanol–water partition coefficient (Wildman–Crippen LogP) is 5.73. The Morgan fingerprint density at radius 2 is 1.82 bits per heavy atom. The van der Waals surface area contributed by atoms with Crippen molar-refractivity contribution in [3.8, 4) is 16.9 Å². The van der Waals surface area contributed by atoms with Crippen LogP contribution in [-0.2, 0) is 12.0 Å². The van der Waals surface area contributed by atoms with Gasteiger partial charge in [-0.25, -0.2) is 4.39 Å². The fourth-order valence-electron chi connectivity index (χ4n) is 5.51. The van der Waals surface area contributed by atoms with Crippen molar-refractivity contribution >= 4 is 34.3 Å². The zero-order chi connectivity index (χ0) is 28.6. The van der Waals surface area contributed by atoms with E-state index in [1.165, 1.54) is 19.2 Å². The number of benzene rings is 3. The SMILES string of the molecule is CNC(=O)c1ccc(-c2ccc(OC(C)C)c(C(=O)NC3(CO)CCCc4[nH]c5ccc(F)cc5c43)c2)cc1Cl. The summed E-state index contributed by atoms with van der Waals surface area (Å²) in [7, 11) is 1.53. The molecule has 4 N–H and O–H groups in total. The number of aliphatic hydroxyl groups is 1. The van der Waals surface area contributed by atoms with Gasteiger partial charge < -0.3 is 25.5 Å². The maximum absolute atomic E-state index is 14.3. The first-order valence-corrected chi connectivity index (χ1v) is 13.6. The zero-order valence-electron chi connectivity index (χ0n) is 22.5. The zero-order valence-corrected chi connectivity index (χ0v) is 23.3. The van der Waals surface area contributed by atoms with Crippen LogP contribution in [0.25, 0.3) is 22.0 Å². The molecule has 40 heavy (non-hydrogen) atoms. The smallest absolute Gasteiger partial charge is 0.255 e. The number of aromatic amines is 1. The second-order valence-corrected chi connectivity index (χ2v) is 10.8. The number of carbonyl (C=O) groups is 2. The lowest BCUT2D eigenvalue weighted by Crippen LogP contribution is -2.50. The number of amides is 2. The van der Waals surface area contributed by atoms with E-state index < -0.39 is 11.4 Å². The molecule has 0 saturated carbocycles. The van der Waals surface area contributed by atoms with Crippen LogP contribution in [0.3, 0.4) is 0 Å².